The van der Waals surface area contributed by atoms with E-state index < -0.39 is 12.0 Å². The number of carboxylic acid groups (broad SMARTS) is 1. The van der Waals surface area contributed by atoms with Crippen LogP contribution in [0.4, 0.5) is 0 Å². The number of amides is 1. The maximum Gasteiger partial charge on any atom is 0.326 e. The second kappa shape index (κ2) is 6.81. The summed E-state index contributed by atoms with van der Waals surface area (Å²) in [6.45, 7) is 3.45. The summed E-state index contributed by atoms with van der Waals surface area (Å²) in [5, 5.41) is 11.9. The number of rotatable bonds is 6. The first-order valence-electron chi connectivity index (χ1n) is 5.40. The van der Waals surface area contributed by atoms with Crippen molar-refractivity contribution in [3.8, 4) is 0 Å². The summed E-state index contributed by atoms with van der Waals surface area (Å²) in [7, 11) is 0. The normalized spacial score (nSPS) is 11.6. The fourth-order valence-corrected chi connectivity index (χ4v) is 1.68. The van der Waals surface area contributed by atoms with E-state index in [9.17, 15) is 9.59 Å². The lowest BCUT2D eigenvalue weighted by atomic mass is 10.1. The zero-order valence-electron chi connectivity index (χ0n) is 9.73. The molecule has 0 radical (unpaired) electrons. The van der Waals surface area contributed by atoms with Crippen molar-refractivity contribution < 1.29 is 14.7 Å². The van der Waals surface area contributed by atoms with Crippen molar-refractivity contribution in [2.75, 3.05) is 0 Å². The molecule has 0 aliphatic heterocycles. The predicted octanol–water partition coefficient (Wildman–Crippen LogP) is 2.03. The van der Waals surface area contributed by atoms with Crippen molar-refractivity contribution in [2.45, 2.75) is 18.9 Å². The number of carbonyl (C=O) groups is 2. The van der Waals surface area contributed by atoms with Gasteiger partial charge in [-0.2, -0.15) is 0 Å². The second-order valence-electron chi connectivity index (χ2n) is 3.79. The first kappa shape index (κ1) is 14.3. The van der Waals surface area contributed by atoms with Gasteiger partial charge in [-0.3, -0.25) is 4.79 Å². The summed E-state index contributed by atoms with van der Waals surface area (Å²) in [6, 6.07) is 5.94. The summed E-state index contributed by atoms with van der Waals surface area (Å²) >= 11 is 5.80. The number of nitrogens with one attached hydrogen (secondary N) is 1. The third kappa shape index (κ3) is 4.59. The summed E-state index contributed by atoms with van der Waals surface area (Å²) in [5.41, 5.74) is 0.739. The highest BCUT2D eigenvalue weighted by molar-refractivity contribution is 6.30. The van der Waals surface area contributed by atoms with Crippen molar-refractivity contribution in [3.63, 3.8) is 0 Å². The molecule has 1 atom stereocenters. The summed E-state index contributed by atoms with van der Waals surface area (Å²) in [4.78, 5) is 22.5. The third-order valence-corrected chi connectivity index (χ3v) is 2.52. The van der Waals surface area contributed by atoms with Crippen LogP contribution >= 0.6 is 11.6 Å². The zero-order chi connectivity index (χ0) is 13.5. The highest BCUT2D eigenvalue weighted by Crippen LogP contribution is 2.11. The van der Waals surface area contributed by atoms with Gasteiger partial charge < -0.3 is 10.4 Å². The van der Waals surface area contributed by atoms with Crippen LogP contribution in [0.5, 0.6) is 0 Å². The first-order valence-corrected chi connectivity index (χ1v) is 5.78. The molecule has 0 bridgehead atoms. The summed E-state index contributed by atoms with van der Waals surface area (Å²) in [5.74, 6) is -1.43. The van der Waals surface area contributed by atoms with Crippen molar-refractivity contribution in [2.24, 2.45) is 0 Å². The van der Waals surface area contributed by atoms with Gasteiger partial charge in [0.15, 0.2) is 0 Å². The van der Waals surface area contributed by atoms with Gasteiger partial charge >= 0.3 is 5.97 Å². The molecule has 0 aromatic heterocycles. The molecule has 1 aromatic carbocycles. The van der Waals surface area contributed by atoms with E-state index in [-0.39, 0.29) is 18.7 Å². The number of hydrogen-bond donors (Lipinski definition) is 2. The van der Waals surface area contributed by atoms with E-state index in [1.165, 1.54) is 6.08 Å². The van der Waals surface area contributed by atoms with Gasteiger partial charge in [0.25, 0.3) is 0 Å². The maximum absolute atomic E-state index is 11.7. The van der Waals surface area contributed by atoms with Crippen molar-refractivity contribution in [3.05, 3.63) is 47.5 Å². The molecule has 0 spiro atoms. The molecule has 4 nitrogen and oxygen atoms in total. The molecule has 0 saturated carbocycles. The Morgan fingerprint density at radius 1 is 1.50 bits per heavy atom. The molecular weight excluding hydrogens is 254 g/mol. The maximum atomic E-state index is 11.7. The largest absolute Gasteiger partial charge is 0.480 e. The Kier molecular flexibility index (Phi) is 5.39. The molecule has 96 valence electrons. The molecule has 5 heteroatoms. The van der Waals surface area contributed by atoms with Crippen molar-refractivity contribution in [1.82, 2.24) is 5.32 Å². The van der Waals surface area contributed by atoms with Gasteiger partial charge in [-0.15, -0.1) is 6.58 Å². The lowest BCUT2D eigenvalue weighted by molar-refractivity contribution is -0.141. The van der Waals surface area contributed by atoms with Gasteiger partial charge in [0, 0.05) is 5.02 Å². The minimum absolute atomic E-state index is 0.0987. The van der Waals surface area contributed by atoms with E-state index in [4.69, 9.17) is 16.7 Å². The number of halogens is 1. The van der Waals surface area contributed by atoms with E-state index in [0.717, 1.165) is 5.56 Å². The van der Waals surface area contributed by atoms with Crippen LogP contribution in [-0.4, -0.2) is 23.0 Å². The van der Waals surface area contributed by atoms with E-state index in [1.807, 2.05) is 0 Å². The lowest BCUT2D eigenvalue weighted by Gasteiger charge is -2.12. The van der Waals surface area contributed by atoms with Gasteiger partial charge in [0.1, 0.15) is 6.04 Å². The minimum Gasteiger partial charge on any atom is -0.480 e. The molecular formula is C13H14ClNO3. The molecule has 18 heavy (non-hydrogen) atoms. The second-order valence-corrected chi connectivity index (χ2v) is 4.23. The Morgan fingerprint density at radius 2 is 2.22 bits per heavy atom. The predicted molar refractivity (Wildman–Crippen MR) is 69.5 cm³/mol. The molecule has 0 aliphatic carbocycles. The van der Waals surface area contributed by atoms with Crippen LogP contribution in [0.15, 0.2) is 36.9 Å². The highest BCUT2D eigenvalue weighted by atomic mass is 35.5. The van der Waals surface area contributed by atoms with Crippen molar-refractivity contribution >= 4 is 23.5 Å². The number of carboxylic acids is 1. The van der Waals surface area contributed by atoms with Crippen molar-refractivity contribution in [1.29, 1.82) is 0 Å². The molecule has 1 rings (SSSR count). The van der Waals surface area contributed by atoms with Gasteiger partial charge in [-0.05, 0) is 24.1 Å². The van der Waals surface area contributed by atoms with Gasteiger partial charge in [0.2, 0.25) is 5.91 Å². The van der Waals surface area contributed by atoms with Crippen LogP contribution in [0.2, 0.25) is 5.02 Å². The Labute approximate surface area is 110 Å². The van der Waals surface area contributed by atoms with Gasteiger partial charge in [-0.25, -0.2) is 4.79 Å². The molecule has 0 heterocycles. The Balaban J connectivity index is 2.60. The van der Waals surface area contributed by atoms with Crippen LogP contribution in [0.3, 0.4) is 0 Å². The summed E-state index contributed by atoms with van der Waals surface area (Å²) in [6.07, 6.45) is 1.75. The SMILES string of the molecule is C=CCC(NC(=O)Cc1cccc(Cl)c1)C(=O)O. The quantitative estimate of drug-likeness (QED) is 0.775. The van der Waals surface area contributed by atoms with E-state index >= 15 is 0 Å². The van der Waals surface area contributed by atoms with Crippen LogP contribution in [0.25, 0.3) is 0 Å². The summed E-state index contributed by atoms with van der Waals surface area (Å²) < 4.78 is 0. The van der Waals surface area contributed by atoms with Gasteiger partial charge in [-0.1, -0.05) is 29.8 Å². The molecule has 0 saturated heterocycles. The molecule has 2 N–H and O–H groups in total. The van der Waals surface area contributed by atoms with Crippen LogP contribution in [0, 0.1) is 0 Å². The van der Waals surface area contributed by atoms with Gasteiger partial charge in [0.05, 0.1) is 6.42 Å². The van der Waals surface area contributed by atoms with E-state index in [0.29, 0.717) is 5.02 Å². The molecule has 1 amide bonds. The highest BCUT2D eigenvalue weighted by Gasteiger charge is 2.18. The van der Waals surface area contributed by atoms with E-state index in [2.05, 4.69) is 11.9 Å². The fourth-order valence-electron chi connectivity index (χ4n) is 1.47. The lowest BCUT2D eigenvalue weighted by Crippen LogP contribution is -2.41. The van der Waals surface area contributed by atoms with Crippen LogP contribution < -0.4 is 5.32 Å². The third-order valence-electron chi connectivity index (χ3n) is 2.29. The Bertz CT molecular complexity index is 459. The monoisotopic (exact) mass is 267 g/mol. The number of benzene rings is 1. The molecule has 0 fully saturated rings. The molecule has 0 aliphatic rings. The Hall–Kier alpha value is -1.81. The average Bonchev–Trinajstić information content (AvgIpc) is 2.28. The topological polar surface area (TPSA) is 66.4 Å². The zero-order valence-corrected chi connectivity index (χ0v) is 10.5. The fraction of sp³-hybridized carbons (Fsp3) is 0.231. The molecule has 1 aromatic rings. The number of hydrogen-bond acceptors (Lipinski definition) is 2. The number of carbonyl (C=O) groups excluding carboxylic acids is 1. The number of aliphatic carboxylic acids is 1. The minimum atomic E-state index is -1.07. The van der Waals surface area contributed by atoms with Crippen LogP contribution in [0.1, 0.15) is 12.0 Å². The average molecular weight is 268 g/mol. The first-order chi connectivity index (χ1) is 8.52. The van der Waals surface area contributed by atoms with E-state index in [1.54, 1.807) is 24.3 Å². The van der Waals surface area contributed by atoms with Crippen LogP contribution in [-0.2, 0) is 16.0 Å². The smallest absolute Gasteiger partial charge is 0.326 e. The Morgan fingerprint density at radius 3 is 2.78 bits per heavy atom. The standard InChI is InChI=1S/C13H14ClNO3/c1-2-4-11(13(17)18)15-12(16)8-9-5-3-6-10(14)7-9/h2-3,5-7,11H,1,4,8H2,(H,15,16)(H,17,18). The molecule has 1 unspecified atom stereocenters.